The van der Waals surface area contributed by atoms with Gasteiger partial charge in [-0.2, -0.15) is 4.31 Å². The molecule has 2 rings (SSSR count). The summed E-state index contributed by atoms with van der Waals surface area (Å²) in [5.74, 6) is -0.553. The molecule has 0 aliphatic carbocycles. The molecule has 0 amide bonds. The Kier molecular flexibility index (Phi) is 5.67. The highest BCUT2D eigenvalue weighted by Gasteiger charge is 2.36. The van der Waals surface area contributed by atoms with Crippen molar-refractivity contribution in [3.05, 3.63) is 28.8 Å². The van der Waals surface area contributed by atoms with E-state index in [1.807, 2.05) is 19.0 Å². The topological polar surface area (TPSA) is 66.9 Å². The van der Waals surface area contributed by atoms with Crippen LogP contribution in [0.4, 0.5) is 0 Å². The molecule has 1 fully saturated rings. The molecule has 0 saturated carbocycles. The van der Waals surface area contributed by atoms with Crippen molar-refractivity contribution in [1.82, 2.24) is 9.21 Å². The molecule has 0 unspecified atom stereocenters. The van der Waals surface area contributed by atoms with Crippen LogP contribution in [0, 0.1) is 0 Å². The maximum Gasteiger partial charge on any atom is 0.337 e. The van der Waals surface area contributed by atoms with E-state index in [1.165, 1.54) is 29.6 Å². The Bertz CT molecular complexity index is 691. The fourth-order valence-corrected chi connectivity index (χ4v) is 5.02. The lowest BCUT2D eigenvalue weighted by Gasteiger charge is -2.26. The summed E-state index contributed by atoms with van der Waals surface area (Å²) < 4.78 is 31.9. The minimum absolute atomic E-state index is 0.0254. The van der Waals surface area contributed by atoms with E-state index < -0.39 is 16.0 Å². The molecule has 1 aliphatic heterocycles. The van der Waals surface area contributed by atoms with Crippen LogP contribution in [-0.4, -0.2) is 63.9 Å². The van der Waals surface area contributed by atoms with Crippen molar-refractivity contribution in [2.75, 3.05) is 34.3 Å². The third-order valence-corrected chi connectivity index (χ3v) is 6.27. The van der Waals surface area contributed by atoms with Gasteiger partial charge in [0.05, 0.1) is 17.7 Å². The van der Waals surface area contributed by atoms with Crippen LogP contribution in [0.5, 0.6) is 0 Å². The van der Waals surface area contributed by atoms with Crippen LogP contribution in [0.15, 0.2) is 23.1 Å². The van der Waals surface area contributed by atoms with E-state index in [0.29, 0.717) is 13.1 Å². The lowest BCUT2D eigenvalue weighted by molar-refractivity contribution is 0.0600. The molecule has 1 heterocycles. The van der Waals surface area contributed by atoms with Crippen molar-refractivity contribution in [1.29, 1.82) is 0 Å². The quantitative estimate of drug-likeness (QED) is 0.749. The van der Waals surface area contributed by atoms with Gasteiger partial charge in [0.15, 0.2) is 0 Å². The summed E-state index contributed by atoms with van der Waals surface area (Å²) >= 11 is 6.12. The Morgan fingerprint density at radius 2 is 2.13 bits per heavy atom. The third kappa shape index (κ3) is 3.85. The van der Waals surface area contributed by atoms with Crippen LogP contribution < -0.4 is 0 Å². The lowest BCUT2D eigenvalue weighted by atomic mass is 10.2. The van der Waals surface area contributed by atoms with E-state index in [1.54, 1.807) is 0 Å². The molecule has 0 aromatic heterocycles. The van der Waals surface area contributed by atoms with Gasteiger partial charge in [-0.15, -0.1) is 0 Å². The molecule has 1 saturated heterocycles. The molecule has 0 spiro atoms. The fourth-order valence-electron chi connectivity index (χ4n) is 2.81. The zero-order chi connectivity index (χ0) is 17.2. The molecule has 6 nitrogen and oxygen atoms in total. The maximum atomic E-state index is 12.9. The normalized spacial score (nSPS) is 19.3. The second kappa shape index (κ2) is 7.17. The van der Waals surface area contributed by atoms with Crippen molar-refractivity contribution in [3.8, 4) is 0 Å². The fraction of sp³-hybridized carbons (Fsp3) is 0.533. The maximum absolute atomic E-state index is 12.9. The Hall–Kier alpha value is -1.15. The standard InChI is InChI=1S/C15H21ClN2O4S/c1-17(2)10-12-5-4-8-18(12)23(20,21)14-7-6-11(9-13(14)16)15(19)22-3/h6-7,9,12H,4-5,8,10H2,1-3H3/t12-/m1/s1. The predicted molar refractivity (Wildman–Crippen MR) is 88.3 cm³/mol. The summed E-state index contributed by atoms with van der Waals surface area (Å²) in [6.07, 6.45) is 1.66. The first-order chi connectivity index (χ1) is 10.8. The highest BCUT2D eigenvalue weighted by Crippen LogP contribution is 2.31. The number of carbonyl (C=O) groups is 1. The van der Waals surface area contributed by atoms with Gasteiger partial charge in [0.1, 0.15) is 4.90 Å². The minimum Gasteiger partial charge on any atom is -0.465 e. The monoisotopic (exact) mass is 360 g/mol. The number of carbonyl (C=O) groups excluding carboxylic acids is 1. The summed E-state index contributed by atoms with van der Waals surface area (Å²) in [7, 11) is 1.41. The number of likely N-dealkylation sites (N-methyl/N-ethyl adjacent to an activating group) is 1. The first kappa shape index (κ1) is 18.2. The van der Waals surface area contributed by atoms with Crippen molar-refractivity contribution in [2.24, 2.45) is 0 Å². The summed E-state index contributed by atoms with van der Waals surface area (Å²) in [4.78, 5) is 13.5. The number of ether oxygens (including phenoxy) is 1. The van der Waals surface area contributed by atoms with Crippen molar-refractivity contribution in [2.45, 2.75) is 23.8 Å². The highest BCUT2D eigenvalue weighted by molar-refractivity contribution is 7.89. The zero-order valence-electron chi connectivity index (χ0n) is 13.5. The molecule has 8 heteroatoms. The molecular formula is C15H21ClN2O4S. The van der Waals surface area contributed by atoms with Crippen LogP contribution in [0.25, 0.3) is 0 Å². The van der Waals surface area contributed by atoms with Crippen molar-refractivity contribution in [3.63, 3.8) is 0 Å². The largest absolute Gasteiger partial charge is 0.465 e. The summed E-state index contributed by atoms with van der Waals surface area (Å²) in [6.45, 7) is 1.15. The SMILES string of the molecule is COC(=O)c1ccc(S(=O)(=O)N2CCC[C@@H]2CN(C)C)c(Cl)c1. The Labute approximate surface area is 142 Å². The van der Waals surface area contributed by atoms with Crippen LogP contribution in [0.3, 0.4) is 0 Å². The van der Waals surface area contributed by atoms with E-state index in [2.05, 4.69) is 4.74 Å². The molecule has 1 aromatic carbocycles. The number of methoxy groups -OCH3 is 1. The van der Waals surface area contributed by atoms with Crippen LogP contribution >= 0.6 is 11.6 Å². The second-order valence-corrected chi connectivity index (χ2v) is 8.08. The second-order valence-electron chi connectivity index (χ2n) is 5.81. The number of esters is 1. The number of nitrogens with zero attached hydrogens (tertiary/aromatic N) is 2. The van der Waals surface area contributed by atoms with Gasteiger partial charge in [-0.1, -0.05) is 11.6 Å². The Morgan fingerprint density at radius 3 is 2.70 bits per heavy atom. The van der Waals surface area contributed by atoms with Crippen LogP contribution in [-0.2, 0) is 14.8 Å². The van der Waals surface area contributed by atoms with Crippen LogP contribution in [0.1, 0.15) is 23.2 Å². The number of hydrogen-bond donors (Lipinski definition) is 0. The molecule has 23 heavy (non-hydrogen) atoms. The smallest absolute Gasteiger partial charge is 0.337 e. The van der Waals surface area contributed by atoms with E-state index in [9.17, 15) is 13.2 Å². The summed E-state index contributed by atoms with van der Waals surface area (Å²) in [5.41, 5.74) is 0.225. The molecular weight excluding hydrogens is 340 g/mol. The Morgan fingerprint density at radius 1 is 1.43 bits per heavy atom. The molecule has 1 aromatic rings. The van der Waals surface area contributed by atoms with Crippen molar-refractivity contribution < 1.29 is 17.9 Å². The summed E-state index contributed by atoms with van der Waals surface area (Å²) in [6, 6.07) is 4.06. The van der Waals surface area contributed by atoms with Gasteiger partial charge in [0, 0.05) is 19.1 Å². The molecule has 0 bridgehead atoms. The molecule has 0 radical (unpaired) electrons. The number of hydrogen-bond acceptors (Lipinski definition) is 5. The summed E-state index contributed by atoms with van der Waals surface area (Å²) in [5, 5.41) is 0.0309. The molecule has 0 N–H and O–H groups in total. The average molecular weight is 361 g/mol. The first-order valence-electron chi connectivity index (χ1n) is 7.32. The van der Waals surface area contributed by atoms with Gasteiger partial charge in [-0.05, 0) is 45.1 Å². The minimum atomic E-state index is -3.69. The molecule has 1 aliphatic rings. The number of benzene rings is 1. The highest BCUT2D eigenvalue weighted by atomic mass is 35.5. The third-order valence-electron chi connectivity index (χ3n) is 3.84. The van der Waals surface area contributed by atoms with Gasteiger partial charge in [0.25, 0.3) is 0 Å². The van der Waals surface area contributed by atoms with Crippen LogP contribution in [0.2, 0.25) is 5.02 Å². The van der Waals surface area contributed by atoms with Crippen molar-refractivity contribution >= 4 is 27.6 Å². The predicted octanol–water partition coefficient (Wildman–Crippen LogP) is 1.84. The van der Waals surface area contributed by atoms with Gasteiger partial charge in [-0.25, -0.2) is 13.2 Å². The number of rotatable bonds is 5. The first-order valence-corrected chi connectivity index (χ1v) is 9.13. The molecule has 1 atom stereocenters. The van der Waals surface area contributed by atoms with E-state index in [0.717, 1.165) is 12.8 Å². The lowest BCUT2D eigenvalue weighted by Crippen LogP contribution is -2.41. The zero-order valence-corrected chi connectivity index (χ0v) is 15.0. The van der Waals surface area contributed by atoms with E-state index in [4.69, 9.17) is 11.6 Å². The average Bonchev–Trinajstić information content (AvgIpc) is 2.94. The number of halogens is 1. The van der Waals surface area contributed by atoms with Gasteiger partial charge in [-0.3, -0.25) is 0 Å². The molecule has 128 valence electrons. The van der Waals surface area contributed by atoms with Gasteiger partial charge in [0.2, 0.25) is 10.0 Å². The Balaban J connectivity index is 2.34. The van der Waals surface area contributed by atoms with Gasteiger partial charge < -0.3 is 9.64 Å². The number of sulfonamides is 1. The van der Waals surface area contributed by atoms with Gasteiger partial charge >= 0.3 is 5.97 Å². The van der Waals surface area contributed by atoms with E-state index in [-0.39, 0.29) is 21.5 Å². The van der Waals surface area contributed by atoms with E-state index >= 15 is 0 Å².